The molecule has 0 aliphatic rings. The standard InChI is InChI=1S/C7H17N5OP.C2H6.Y/c8-5(14)6(13)11-3-1-2-4-12-7(9)10;1-2;/h5,8H,1-4,14H2,(H,11,13)(H4,9,10,12);1-2H3;/q-1;;. The summed E-state index contributed by atoms with van der Waals surface area (Å²) in [5.74, 6) is -0.977. The van der Waals surface area contributed by atoms with E-state index in [0.717, 1.165) is 12.8 Å². The molecule has 0 aromatic rings. The molecule has 0 saturated heterocycles. The number of hydrogen-bond donors (Lipinski definition) is 3. The molecule has 17 heavy (non-hydrogen) atoms. The Morgan fingerprint density at radius 3 is 2.35 bits per heavy atom. The Hall–Kier alpha value is 0.234. The molecule has 1 radical (unpaired) electrons. The maximum Gasteiger partial charge on any atom is 0.205 e. The Morgan fingerprint density at radius 2 is 1.94 bits per heavy atom. The minimum absolute atomic E-state index is 0. The molecule has 6 N–H and O–H groups in total. The van der Waals surface area contributed by atoms with Gasteiger partial charge in [-0.25, -0.2) is 0 Å². The first kappa shape index (κ1) is 22.4. The molecule has 2 atom stereocenters. The van der Waals surface area contributed by atoms with Gasteiger partial charge < -0.3 is 22.5 Å². The summed E-state index contributed by atoms with van der Waals surface area (Å²) in [6.07, 6.45) is 1.62. The van der Waals surface area contributed by atoms with Gasteiger partial charge in [0.1, 0.15) is 0 Å². The van der Waals surface area contributed by atoms with Gasteiger partial charge in [-0.3, -0.25) is 9.79 Å². The van der Waals surface area contributed by atoms with Crippen LogP contribution in [-0.2, 0) is 37.5 Å². The first-order valence-electron chi connectivity index (χ1n) is 5.34. The van der Waals surface area contributed by atoms with Crippen LogP contribution < -0.4 is 16.8 Å². The average molecular weight is 337 g/mol. The Bertz CT molecular complexity index is 210. The number of carbonyl (C=O) groups excluding carboxylic acids is 1. The van der Waals surface area contributed by atoms with Gasteiger partial charge in [-0.05, 0) is 18.6 Å². The van der Waals surface area contributed by atoms with Crippen molar-refractivity contribution in [2.45, 2.75) is 32.5 Å². The molecule has 0 aromatic carbocycles. The number of aliphatic imine (C=N–C) groups is 1. The molecular formula is C9H23N5OPY-. The van der Waals surface area contributed by atoms with Crippen molar-refractivity contribution < 1.29 is 37.5 Å². The van der Waals surface area contributed by atoms with Crippen LogP contribution in [0.3, 0.4) is 0 Å². The van der Waals surface area contributed by atoms with Crippen LogP contribution >= 0.6 is 9.24 Å². The number of rotatable bonds is 6. The van der Waals surface area contributed by atoms with Crippen molar-refractivity contribution in [1.29, 1.82) is 0 Å². The zero-order valence-electron chi connectivity index (χ0n) is 10.6. The third-order valence-electron chi connectivity index (χ3n) is 1.46. The van der Waals surface area contributed by atoms with Crippen molar-refractivity contribution in [3.05, 3.63) is 5.73 Å². The summed E-state index contributed by atoms with van der Waals surface area (Å²) in [5.41, 5.74) is 17.3. The van der Waals surface area contributed by atoms with Crippen LogP contribution in [0.15, 0.2) is 4.99 Å². The molecule has 0 spiro atoms. The van der Waals surface area contributed by atoms with Gasteiger partial charge in [0.25, 0.3) is 0 Å². The number of hydrogen-bond acceptors (Lipinski definition) is 2. The Labute approximate surface area is 131 Å². The second-order valence-electron chi connectivity index (χ2n) is 2.78. The minimum atomic E-state index is -0.785. The number of nitrogens with one attached hydrogen (secondary N) is 2. The van der Waals surface area contributed by atoms with E-state index >= 15 is 0 Å². The van der Waals surface area contributed by atoms with Crippen LogP contribution in [0.4, 0.5) is 0 Å². The fraction of sp³-hybridized carbons (Fsp3) is 0.778. The van der Waals surface area contributed by atoms with Crippen LogP contribution in [0.2, 0.25) is 0 Å². The third kappa shape index (κ3) is 18.8. The molecular weight excluding hydrogens is 314 g/mol. The minimum Gasteiger partial charge on any atom is -0.663 e. The van der Waals surface area contributed by atoms with Gasteiger partial charge in [0.05, 0.1) is 0 Å². The van der Waals surface area contributed by atoms with Crippen molar-refractivity contribution in [1.82, 2.24) is 5.32 Å². The Morgan fingerprint density at radius 1 is 1.41 bits per heavy atom. The van der Waals surface area contributed by atoms with E-state index in [4.69, 9.17) is 17.2 Å². The van der Waals surface area contributed by atoms with Crippen molar-refractivity contribution in [2.24, 2.45) is 16.5 Å². The molecule has 0 fully saturated rings. The normalized spacial score (nSPS) is 10.1. The first-order valence-corrected chi connectivity index (χ1v) is 6.00. The van der Waals surface area contributed by atoms with Crippen molar-refractivity contribution in [3.63, 3.8) is 0 Å². The number of nitrogens with two attached hydrogens (primary N) is 2. The van der Waals surface area contributed by atoms with Gasteiger partial charge in [-0.1, -0.05) is 13.8 Å². The van der Waals surface area contributed by atoms with Gasteiger partial charge in [0.2, 0.25) is 5.91 Å². The van der Waals surface area contributed by atoms with Gasteiger partial charge in [0.15, 0.2) is 5.96 Å². The van der Waals surface area contributed by atoms with Crippen LogP contribution in [-0.4, -0.2) is 30.7 Å². The smallest absolute Gasteiger partial charge is 0.205 e. The van der Waals surface area contributed by atoms with E-state index < -0.39 is 5.78 Å². The van der Waals surface area contributed by atoms with Gasteiger partial charge in [-0.15, -0.1) is 9.24 Å². The fourth-order valence-electron chi connectivity index (χ4n) is 0.767. The van der Waals surface area contributed by atoms with E-state index in [2.05, 4.69) is 19.5 Å². The van der Waals surface area contributed by atoms with Crippen molar-refractivity contribution >= 4 is 21.1 Å². The quantitative estimate of drug-likeness (QED) is 0.282. The maximum atomic E-state index is 10.9. The van der Waals surface area contributed by atoms with E-state index in [-0.39, 0.29) is 44.6 Å². The predicted octanol–water partition coefficient (Wildman–Crippen LogP) is 0.433. The molecule has 2 unspecified atom stereocenters. The van der Waals surface area contributed by atoms with Gasteiger partial charge in [0, 0.05) is 45.8 Å². The molecule has 6 nitrogen and oxygen atoms in total. The Kier molecular flexibility index (Phi) is 21.4. The van der Waals surface area contributed by atoms with Gasteiger partial charge >= 0.3 is 0 Å². The molecule has 0 bridgehead atoms. The number of guanidine groups is 1. The molecule has 0 aliphatic carbocycles. The number of amides is 1. The summed E-state index contributed by atoms with van der Waals surface area (Å²) < 4.78 is 0. The number of unbranched alkanes of at least 4 members (excludes halogenated alkanes) is 1. The van der Waals surface area contributed by atoms with Crippen LogP contribution in [0, 0.1) is 0 Å². The second-order valence-corrected chi connectivity index (χ2v) is 3.45. The molecule has 0 heterocycles. The molecule has 0 aromatic heterocycles. The maximum absolute atomic E-state index is 10.9. The third-order valence-corrected chi connectivity index (χ3v) is 1.76. The van der Waals surface area contributed by atoms with Crippen LogP contribution in [0.5, 0.6) is 0 Å². The molecule has 0 saturated carbocycles. The van der Waals surface area contributed by atoms with Crippen molar-refractivity contribution in [3.8, 4) is 0 Å². The number of carbonyl (C=O) groups is 1. The summed E-state index contributed by atoms with van der Waals surface area (Å²) in [5, 5.41) is 2.61. The van der Waals surface area contributed by atoms with Gasteiger partial charge in [-0.2, -0.15) is 0 Å². The summed E-state index contributed by atoms with van der Waals surface area (Å²) in [6, 6.07) is 0. The SMILES string of the molecule is CC.[NH-]C(P)C(=O)NCCCCN=C(N)N.[Y]. The molecule has 0 rings (SSSR count). The monoisotopic (exact) mass is 337 g/mol. The van der Waals surface area contributed by atoms with Crippen LogP contribution in [0.1, 0.15) is 26.7 Å². The summed E-state index contributed by atoms with van der Waals surface area (Å²) in [6.45, 7) is 5.13. The predicted molar refractivity (Wildman–Crippen MR) is 72.1 cm³/mol. The zero-order valence-corrected chi connectivity index (χ0v) is 14.6. The summed E-state index contributed by atoms with van der Waals surface area (Å²) in [7, 11) is 2.12. The van der Waals surface area contributed by atoms with Crippen LogP contribution in [0.25, 0.3) is 5.73 Å². The second kappa shape index (κ2) is 16.2. The van der Waals surface area contributed by atoms with E-state index in [1.807, 2.05) is 13.8 Å². The summed E-state index contributed by atoms with van der Waals surface area (Å²) in [4.78, 5) is 14.7. The first-order chi connectivity index (χ1) is 7.54. The zero-order chi connectivity index (χ0) is 13.0. The molecule has 1 amide bonds. The van der Waals surface area contributed by atoms with E-state index in [0.29, 0.717) is 13.1 Å². The fourth-order valence-corrected chi connectivity index (χ4v) is 0.884. The van der Waals surface area contributed by atoms with E-state index in [9.17, 15) is 4.79 Å². The summed E-state index contributed by atoms with van der Waals surface area (Å²) >= 11 is 0. The number of nitrogens with zero attached hydrogens (tertiary/aromatic N) is 1. The molecule has 8 heteroatoms. The largest absolute Gasteiger partial charge is 0.663 e. The Balaban J connectivity index is -0.000000616. The topological polar surface area (TPSA) is 117 Å². The average Bonchev–Trinajstić information content (AvgIpc) is 2.25. The van der Waals surface area contributed by atoms with E-state index in [1.165, 1.54) is 0 Å². The van der Waals surface area contributed by atoms with Crippen molar-refractivity contribution in [2.75, 3.05) is 13.1 Å². The molecule has 0 aliphatic heterocycles. The molecule has 99 valence electrons. The van der Waals surface area contributed by atoms with E-state index in [1.54, 1.807) is 0 Å².